The van der Waals surface area contributed by atoms with Gasteiger partial charge in [-0.15, -0.1) is 0 Å². The standard InChI is InChI=1S/C15H21N3O3/c1-21-10-14(19)17-11-5-4-6-12(9-11)18-15(20)13-7-2-3-8-16-13/h4-6,9,13,16H,2-3,7-8,10H2,1H3,(H,17,19)(H,18,20)/t13-/m1/s1. The van der Waals surface area contributed by atoms with Crippen molar-refractivity contribution in [3.05, 3.63) is 24.3 Å². The summed E-state index contributed by atoms with van der Waals surface area (Å²) in [5.41, 5.74) is 1.30. The Morgan fingerprint density at radius 1 is 1.29 bits per heavy atom. The Labute approximate surface area is 124 Å². The van der Waals surface area contributed by atoms with Crippen molar-refractivity contribution in [3.8, 4) is 0 Å². The molecule has 21 heavy (non-hydrogen) atoms. The molecule has 1 heterocycles. The fraction of sp³-hybridized carbons (Fsp3) is 0.467. The first kappa shape index (κ1) is 15.5. The van der Waals surface area contributed by atoms with E-state index in [0.717, 1.165) is 25.8 Å². The largest absolute Gasteiger partial charge is 0.375 e. The van der Waals surface area contributed by atoms with Gasteiger partial charge in [0.15, 0.2) is 0 Å². The average molecular weight is 291 g/mol. The lowest BCUT2D eigenvalue weighted by Gasteiger charge is -2.22. The number of carbonyl (C=O) groups is 2. The second-order valence-corrected chi connectivity index (χ2v) is 5.05. The molecule has 0 aromatic heterocycles. The van der Waals surface area contributed by atoms with Crippen LogP contribution in [0.5, 0.6) is 0 Å². The number of benzene rings is 1. The molecule has 1 aliphatic heterocycles. The molecule has 1 atom stereocenters. The van der Waals surface area contributed by atoms with Crippen LogP contribution >= 0.6 is 0 Å². The number of hydrogen-bond acceptors (Lipinski definition) is 4. The third-order valence-electron chi connectivity index (χ3n) is 3.32. The summed E-state index contributed by atoms with van der Waals surface area (Å²) < 4.78 is 4.76. The van der Waals surface area contributed by atoms with Crippen molar-refractivity contribution in [2.24, 2.45) is 0 Å². The van der Waals surface area contributed by atoms with E-state index < -0.39 is 0 Å². The van der Waals surface area contributed by atoms with Gasteiger partial charge in [-0.25, -0.2) is 0 Å². The summed E-state index contributed by atoms with van der Waals surface area (Å²) in [6.45, 7) is 0.883. The van der Waals surface area contributed by atoms with Crippen molar-refractivity contribution in [2.75, 3.05) is 30.9 Å². The molecule has 1 fully saturated rings. The van der Waals surface area contributed by atoms with Crippen LogP contribution in [-0.4, -0.2) is 38.1 Å². The number of methoxy groups -OCH3 is 1. The fourth-order valence-corrected chi connectivity index (χ4v) is 2.31. The van der Waals surface area contributed by atoms with E-state index in [9.17, 15) is 9.59 Å². The highest BCUT2D eigenvalue weighted by atomic mass is 16.5. The lowest BCUT2D eigenvalue weighted by Crippen LogP contribution is -2.43. The van der Waals surface area contributed by atoms with Gasteiger partial charge >= 0.3 is 0 Å². The number of hydrogen-bond donors (Lipinski definition) is 3. The summed E-state index contributed by atoms with van der Waals surface area (Å²) in [6.07, 6.45) is 3.04. The molecule has 1 aromatic carbocycles. The Morgan fingerprint density at radius 2 is 2.05 bits per heavy atom. The van der Waals surface area contributed by atoms with Crippen molar-refractivity contribution >= 4 is 23.2 Å². The van der Waals surface area contributed by atoms with E-state index >= 15 is 0 Å². The number of carbonyl (C=O) groups excluding carboxylic acids is 2. The lowest BCUT2D eigenvalue weighted by atomic mass is 10.0. The number of amides is 2. The maximum atomic E-state index is 12.1. The molecule has 3 N–H and O–H groups in total. The van der Waals surface area contributed by atoms with Crippen LogP contribution in [0.25, 0.3) is 0 Å². The first-order valence-corrected chi connectivity index (χ1v) is 7.12. The smallest absolute Gasteiger partial charge is 0.250 e. The molecular formula is C15H21N3O3. The zero-order chi connectivity index (χ0) is 15.1. The molecule has 0 saturated carbocycles. The van der Waals surface area contributed by atoms with Crippen LogP contribution in [0.1, 0.15) is 19.3 Å². The molecule has 1 saturated heterocycles. The van der Waals surface area contributed by atoms with Crippen LogP contribution in [0, 0.1) is 0 Å². The molecule has 2 rings (SSSR count). The maximum absolute atomic E-state index is 12.1. The summed E-state index contributed by atoms with van der Waals surface area (Å²) >= 11 is 0. The van der Waals surface area contributed by atoms with Crippen LogP contribution in [-0.2, 0) is 14.3 Å². The van der Waals surface area contributed by atoms with Gasteiger partial charge in [0.05, 0.1) is 6.04 Å². The van der Waals surface area contributed by atoms with E-state index in [1.54, 1.807) is 24.3 Å². The fourth-order valence-electron chi connectivity index (χ4n) is 2.31. The molecule has 0 radical (unpaired) electrons. The first-order valence-electron chi connectivity index (χ1n) is 7.12. The molecule has 0 unspecified atom stereocenters. The normalized spacial score (nSPS) is 18.0. The van der Waals surface area contributed by atoms with Gasteiger partial charge in [0, 0.05) is 18.5 Å². The van der Waals surface area contributed by atoms with Crippen molar-refractivity contribution < 1.29 is 14.3 Å². The maximum Gasteiger partial charge on any atom is 0.250 e. The molecule has 1 aliphatic rings. The Kier molecular flexibility index (Phi) is 5.71. The van der Waals surface area contributed by atoms with Crippen LogP contribution in [0.2, 0.25) is 0 Å². The third-order valence-corrected chi connectivity index (χ3v) is 3.32. The van der Waals surface area contributed by atoms with Crippen molar-refractivity contribution in [3.63, 3.8) is 0 Å². The van der Waals surface area contributed by atoms with E-state index in [2.05, 4.69) is 16.0 Å². The SMILES string of the molecule is COCC(=O)Nc1cccc(NC(=O)[C@H]2CCCCN2)c1. The highest BCUT2D eigenvalue weighted by Crippen LogP contribution is 2.16. The van der Waals surface area contributed by atoms with Crippen LogP contribution < -0.4 is 16.0 Å². The average Bonchev–Trinajstić information content (AvgIpc) is 2.48. The predicted octanol–water partition coefficient (Wildman–Crippen LogP) is 1.35. The predicted molar refractivity (Wildman–Crippen MR) is 81.2 cm³/mol. The van der Waals surface area contributed by atoms with Gasteiger partial charge < -0.3 is 20.7 Å². The molecular weight excluding hydrogens is 270 g/mol. The van der Waals surface area contributed by atoms with E-state index in [1.807, 2.05) is 0 Å². The van der Waals surface area contributed by atoms with Crippen LogP contribution in [0.15, 0.2) is 24.3 Å². The number of piperidine rings is 1. The van der Waals surface area contributed by atoms with Gasteiger partial charge in [-0.3, -0.25) is 9.59 Å². The molecule has 0 aliphatic carbocycles. The minimum absolute atomic E-state index is 0.00256. The molecule has 6 heteroatoms. The second kappa shape index (κ2) is 7.75. The highest BCUT2D eigenvalue weighted by molar-refractivity contribution is 5.96. The molecule has 6 nitrogen and oxygen atoms in total. The molecule has 114 valence electrons. The monoisotopic (exact) mass is 291 g/mol. The second-order valence-electron chi connectivity index (χ2n) is 5.05. The summed E-state index contributed by atoms with van der Waals surface area (Å²) in [5, 5.41) is 8.78. The van der Waals surface area contributed by atoms with Crippen LogP contribution in [0.4, 0.5) is 11.4 Å². The topological polar surface area (TPSA) is 79.5 Å². The number of nitrogens with one attached hydrogen (secondary N) is 3. The third kappa shape index (κ3) is 4.84. The zero-order valence-corrected chi connectivity index (χ0v) is 12.1. The van der Waals surface area contributed by atoms with Gasteiger partial charge in [0.25, 0.3) is 0 Å². The highest BCUT2D eigenvalue weighted by Gasteiger charge is 2.20. The summed E-state index contributed by atoms with van der Waals surface area (Å²) in [6, 6.07) is 6.94. The van der Waals surface area contributed by atoms with Crippen LogP contribution in [0.3, 0.4) is 0 Å². The summed E-state index contributed by atoms with van der Waals surface area (Å²) in [4.78, 5) is 23.6. The number of rotatable bonds is 5. The minimum atomic E-state index is -0.227. The molecule has 2 amide bonds. The van der Waals surface area contributed by atoms with Gasteiger partial charge in [-0.05, 0) is 37.6 Å². The summed E-state index contributed by atoms with van der Waals surface area (Å²) in [7, 11) is 1.47. The molecule has 0 spiro atoms. The Morgan fingerprint density at radius 3 is 2.71 bits per heavy atom. The van der Waals surface area contributed by atoms with E-state index in [4.69, 9.17) is 4.74 Å². The zero-order valence-electron chi connectivity index (χ0n) is 12.1. The number of ether oxygens (including phenoxy) is 1. The van der Waals surface area contributed by atoms with Gasteiger partial charge in [0.2, 0.25) is 11.8 Å². The molecule has 0 bridgehead atoms. The number of anilines is 2. The summed E-state index contributed by atoms with van der Waals surface area (Å²) in [5.74, 6) is -0.259. The Hall–Kier alpha value is -1.92. The first-order chi connectivity index (χ1) is 10.2. The quantitative estimate of drug-likeness (QED) is 0.765. The van der Waals surface area contributed by atoms with E-state index in [0.29, 0.717) is 11.4 Å². The van der Waals surface area contributed by atoms with Crippen molar-refractivity contribution in [2.45, 2.75) is 25.3 Å². The minimum Gasteiger partial charge on any atom is -0.375 e. The Bertz CT molecular complexity index is 499. The van der Waals surface area contributed by atoms with E-state index in [-0.39, 0.29) is 24.5 Å². The van der Waals surface area contributed by atoms with E-state index in [1.165, 1.54) is 7.11 Å². The van der Waals surface area contributed by atoms with Gasteiger partial charge in [-0.1, -0.05) is 12.5 Å². The lowest BCUT2D eigenvalue weighted by molar-refractivity contribution is -0.120. The van der Waals surface area contributed by atoms with Gasteiger partial charge in [-0.2, -0.15) is 0 Å². The Balaban J connectivity index is 1.93. The molecule has 1 aromatic rings. The van der Waals surface area contributed by atoms with Gasteiger partial charge in [0.1, 0.15) is 6.61 Å². The van der Waals surface area contributed by atoms with Crippen molar-refractivity contribution in [1.29, 1.82) is 0 Å². The van der Waals surface area contributed by atoms with Crippen molar-refractivity contribution in [1.82, 2.24) is 5.32 Å².